The molecule has 0 aromatic heterocycles. The summed E-state index contributed by atoms with van der Waals surface area (Å²) in [6.45, 7) is 7.20. The Morgan fingerprint density at radius 1 is 1.25 bits per heavy atom. The Hall–Kier alpha value is -1.63. The minimum Gasteiger partial charge on any atom is -0.480 e. The van der Waals surface area contributed by atoms with Crippen LogP contribution < -0.4 is 11.1 Å². The number of fused-ring (bicyclic) bond motifs is 1. The second kappa shape index (κ2) is 7.09. The second-order valence-electron chi connectivity index (χ2n) is 7.20. The molecule has 1 heterocycles. The van der Waals surface area contributed by atoms with Gasteiger partial charge in [-0.1, -0.05) is 45.0 Å². The number of benzene rings is 1. The highest BCUT2D eigenvalue weighted by Crippen LogP contribution is 2.32. The highest BCUT2D eigenvalue weighted by molar-refractivity contribution is 5.85. The number of aliphatic carboxylic acids is 1. The van der Waals surface area contributed by atoms with Gasteiger partial charge in [0.05, 0.1) is 0 Å². The van der Waals surface area contributed by atoms with Gasteiger partial charge in [0.25, 0.3) is 0 Å². The molecule has 7 heteroatoms. The largest absolute Gasteiger partial charge is 0.480 e. The molecule has 134 valence electrons. The highest BCUT2D eigenvalue weighted by Gasteiger charge is 2.44. The molecule has 4 N–H and O–H groups in total. The van der Waals surface area contributed by atoms with Gasteiger partial charge < -0.3 is 15.6 Å². The van der Waals surface area contributed by atoms with E-state index in [-0.39, 0.29) is 12.4 Å². The van der Waals surface area contributed by atoms with E-state index in [0.29, 0.717) is 6.42 Å². The fourth-order valence-corrected chi connectivity index (χ4v) is 2.32. The number of hydrogen-bond donors (Lipinski definition) is 3. The lowest BCUT2D eigenvalue weighted by Gasteiger charge is -2.38. The summed E-state index contributed by atoms with van der Waals surface area (Å²) in [5, 5.41) is 12.1. The maximum absolute atomic E-state index is 12.5. The van der Waals surface area contributed by atoms with Crippen LogP contribution in [0.4, 0.5) is 0 Å². The van der Waals surface area contributed by atoms with Crippen molar-refractivity contribution < 1.29 is 19.4 Å². The molecule has 0 radical (unpaired) electrons. The van der Waals surface area contributed by atoms with Gasteiger partial charge in [0.1, 0.15) is 11.6 Å². The van der Waals surface area contributed by atoms with Crippen LogP contribution in [0.5, 0.6) is 0 Å². The summed E-state index contributed by atoms with van der Waals surface area (Å²) in [6.07, 6.45) is -0.475. The highest BCUT2D eigenvalue weighted by atomic mass is 35.5. The van der Waals surface area contributed by atoms with Gasteiger partial charge >= 0.3 is 11.9 Å². The third-order valence-corrected chi connectivity index (χ3v) is 4.62. The molecule has 0 fully saturated rings. The summed E-state index contributed by atoms with van der Waals surface area (Å²) >= 11 is 0. The Morgan fingerprint density at radius 3 is 2.38 bits per heavy atom. The van der Waals surface area contributed by atoms with E-state index in [1.807, 2.05) is 45.0 Å². The molecule has 0 aliphatic carbocycles. The number of nitrogens with two attached hydrogens (primary N) is 1. The van der Waals surface area contributed by atoms with Crippen molar-refractivity contribution >= 4 is 24.3 Å². The van der Waals surface area contributed by atoms with Crippen LogP contribution in [0.25, 0.3) is 0 Å². The van der Waals surface area contributed by atoms with Crippen molar-refractivity contribution in [2.75, 3.05) is 0 Å². The van der Waals surface area contributed by atoms with E-state index >= 15 is 0 Å². The molecule has 0 spiro atoms. The van der Waals surface area contributed by atoms with E-state index in [4.69, 9.17) is 10.5 Å². The van der Waals surface area contributed by atoms with Crippen molar-refractivity contribution in [3.63, 3.8) is 0 Å². The third-order valence-electron chi connectivity index (χ3n) is 4.62. The first-order valence-electron chi connectivity index (χ1n) is 7.60. The number of nitrogens with one attached hydrogen (secondary N) is 1. The number of esters is 1. The van der Waals surface area contributed by atoms with Crippen LogP contribution in [0.2, 0.25) is 0 Å². The van der Waals surface area contributed by atoms with Gasteiger partial charge in [0.15, 0.2) is 6.23 Å². The fraction of sp³-hybridized carbons (Fsp3) is 0.529. The topological polar surface area (TPSA) is 102 Å². The first-order valence-corrected chi connectivity index (χ1v) is 7.60. The van der Waals surface area contributed by atoms with Gasteiger partial charge in [0.2, 0.25) is 0 Å². The summed E-state index contributed by atoms with van der Waals surface area (Å²) in [5.74, 6) is -1.55. The molecule has 0 saturated carbocycles. The van der Waals surface area contributed by atoms with Crippen molar-refractivity contribution in [2.24, 2.45) is 11.1 Å². The number of carbonyl (C=O) groups is 2. The van der Waals surface area contributed by atoms with E-state index in [1.54, 1.807) is 6.92 Å². The SMILES string of the molecule is CC(C)(C)[C@@](C)(N)C(=O)OC1NC(C(=O)O)Cc2ccccc21.Cl. The normalized spacial score (nSPS) is 22.5. The monoisotopic (exact) mass is 356 g/mol. The number of carboxylic acid groups (broad SMARTS) is 1. The molecule has 2 rings (SSSR count). The van der Waals surface area contributed by atoms with Gasteiger partial charge in [-0.2, -0.15) is 0 Å². The van der Waals surface area contributed by atoms with Crippen LogP contribution in [-0.4, -0.2) is 28.6 Å². The van der Waals surface area contributed by atoms with Crippen LogP contribution in [0.1, 0.15) is 45.0 Å². The molecule has 0 amide bonds. The Kier molecular flexibility index (Phi) is 6.03. The van der Waals surface area contributed by atoms with Crippen molar-refractivity contribution in [2.45, 2.75) is 51.9 Å². The van der Waals surface area contributed by atoms with Crippen LogP contribution in [0, 0.1) is 5.41 Å². The van der Waals surface area contributed by atoms with E-state index in [9.17, 15) is 14.7 Å². The van der Waals surface area contributed by atoms with E-state index in [1.165, 1.54) is 0 Å². The average Bonchev–Trinajstić information content (AvgIpc) is 2.45. The summed E-state index contributed by atoms with van der Waals surface area (Å²) in [5.41, 5.74) is 6.08. The number of carboxylic acids is 1. The smallest absolute Gasteiger partial charge is 0.328 e. The quantitative estimate of drug-likeness (QED) is 0.716. The van der Waals surface area contributed by atoms with Crippen molar-refractivity contribution in [1.29, 1.82) is 0 Å². The molecule has 1 aliphatic heterocycles. The number of ether oxygens (including phenoxy) is 1. The molecule has 0 bridgehead atoms. The number of rotatable bonds is 3. The molecular weight excluding hydrogens is 332 g/mol. The lowest BCUT2D eigenvalue weighted by Crippen LogP contribution is -2.57. The average molecular weight is 357 g/mol. The zero-order valence-corrected chi connectivity index (χ0v) is 15.1. The Balaban J connectivity index is 0.00000288. The summed E-state index contributed by atoms with van der Waals surface area (Å²) < 4.78 is 5.55. The van der Waals surface area contributed by atoms with Gasteiger partial charge in [0, 0.05) is 5.56 Å². The van der Waals surface area contributed by atoms with Crippen LogP contribution >= 0.6 is 12.4 Å². The number of carbonyl (C=O) groups excluding carboxylic acids is 1. The maximum atomic E-state index is 12.5. The van der Waals surface area contributed by atoms with Crippen LogP contribution in [-0.2, 0) is 20.7 Å². The predicted octanol–water partition coefficient (Wildman–Crippen LogP) is 2.01. The molecule has 3 atom stereocenters. The molecule has 1 aliphatic rings. The Labute approximate surface area is 148 Å². The fourth-order valence-electron chi connectivity index (χ4n) is 2.32. The maximum Gasteiger partial charge on any atom is 0.328 e. The first-order chi connectivity index (χ1) is 10.5. The zero-order chi connectivity index (χ0) is 17.4. The standard InChI is InChI=1S/C17H24N2O4.ClH/c1-16(2,3)17(4,18)15(22)23-13-11-8-6-5-7-10(11)9-12(19-13)14(20)21;/h5-8,12-13,19H,9,18H2,1-4H3,(H,20,21);1H/t12?,13?,17-;/m0./s1. The molecule has 1 aromatic carbocycles. The van der Waals surface area contributed by atoms with E-state index in [0.717, 1.165) is 11.1 Å². The predicted molar refractivity (Wildman–Crippen MR) is 92.8 cm³/mol. The minimum absolute atomic E-state index is 0. The Bertz CT molecular complexity index is 625. The number of halogens is 1. The van der Waals surface area contributed by atoms with Gasteiger partial charge in [-0.05, 0) is 24.3 Å². The summed E-state index contributed by atoms with van der Waals surface area (Å²) in [7, 11) is 0. The second-order valence-corrected chi connectivity index (χ2v) is 7.20. The first kappa shape index (κ1) is 20.4. The van der Waals surface area contributed by atoms with Crippen LogP contribution in [0.15, 0.2) is 24.3 Å². The summed E-state index contributed by atoms with van der Waals surface area (Å²) in [4.78, 5) is 23.9. The van der Waals surface area contributed by atoms with E-state index < -0.39 is 35.2 Å². The summed E-state index contributed by atoms with van der Waals surface area (Å²) in [6, 6.07) is 6.53. The molecule has 1 aromatic rings. The van der Waals surface area contributed by atoms with Gasteiger partial charge in [-0.3, -0.25) is 10.1 Å². The van der Waals surface area contributed by atoms with E-state index in [2.05, 4.69) is 5.32 Å². The molecule has 24 heavy (non-hydrogen) atoms. The molecule has 0 saturated heterocycles. The van der Waals surface area contributed by atoms with Crippen molar-refractivity contribution in [3.05, 3.63) is 35.4 Å². The Morgan fingerprint density at radius 2 is 1.83 bits per heavy atom. The zero-order valence-electron chi connectivity index (χ0n) is 14.3. The minimum atomic E-state index is -1.19. The number of hydrogen-bond acceptors (Lipinski definition) is 5. The van der Waals surface area contributed by atoms with Gasteiger partial charge in [-0.25, -0.2) is 4.79 Å². The molecule has 6 nitrogen and oxygen atoms in total. The lowest BCUT2D eigenvalue weighted by molar-refractivity contribution is -0.164. The molecular formula is C17H25ClN2O4. The van der Waals surface area contributed by atoms with Crippen molar-refractivity contribution in [3.8, 4) is 0 Å². The van der Waals surface area contributed by atoms with Crippen LogP contribution in [0.3, 0.4) is 0 Å². The lowest BCUT2D eigenvalue weighted by atomic mass is 9.75. The molecule has 2 unspecified atom stereocenters. The van der Waals surface area contributed by atoms with Crippen molar-refractivity contribution in [1.82, 2.24) is 5.32 Å². The van der Waals surface area contributed by atoms with Gasteiger partial charge in [-0.15, -0.1) is 12.4 Å². The third kappa shape index (κ3) is 3.88.